The summed E-state index contributed by atoms with van der Waals surface area (Å²) in [5.74, 6) is -2.77. The van der Waals surface area contributed by atoms with E-state index in [-0.39, 0.29) is 35.5 Å². The zero-order valence-corrected chi connectivity index (χ0v) is 15.2. The number of carboxylic acid groups (broad SMARTS) is 1. The second-order valence-electron chi connectivity index (χ2n) is 4.96. The molecule has 0 spiro atoms. The summed E-state index contributed by atoms with van der Waals surface area (Å²) in [5, 5.41) is 14.6. The number of carboxylic acids is 1. The Morgan fingerprint density at radius 2 is 1.57 bits per heavy atom. The van der Waals surface area contributed by atoms with Gasteiger partial charge in [0, 0.05) is 33.5 Å². The zero-order valence-electron chi connectivity index (χ0n) is 11.7. The number of aliphatic carboxylic acids is 1. The van der Waals surface area contributed by atoms with Gasteiger partial charge in [-0.3, -0.25) is 4.79 Å². The maximum Gasteiger partial charge on any atom is 1.00 e. The van der Waals surface area contributed by atoms with Gasteiger partial charge in [0.25, 0.3) is 0 Å². The van der Waals surface area contributed by atoms with Gasteiger partial charge in [0.15, 0.2) is 0 Å². The molecule has 1 saturated carbocycles. The second-order valence-corrected chi connectivity index (χ2v) is 5.84. The molecule has 7 heteroatoms. The summed E-state index contributed by atoms with van der Waals surface area (Å²) in [7, 11) is 0. The topological polar surface area (TPSA) is 69.2 Å². The van der Waals surface area contributed by atoms with Crippen LogP contribution in [-0.4, -0.2) is 11.9 Å². The van der Waals surface area contributed by atoms with Gasteiger partial charge < -0.3 is 15.2 Å². The fraction of sp³-hybridized carbons (Fsp3) is 0.429. The molecular weight excluding hydrogens is 324 g/mol. The van der Waals surface area contributed by atoms with Crippen molar-refractivity contribution >= 4 is 40.8 Å². The maximum atomic E-state index is 12.2. The van der Waals surface area contributed by atoms with Gasteiger partial charge in [-0.15, -0.1) is 0 Å². The molecule has 2 atom stereocenters. The first kappa shape index (κ1) is 18.8. The number of hydrogen-bond acceptors (Lipinski definition) is 3. The van der Waals surface area contributed by atoms with Crippen molar-refractivity contribution in [2.75, 3.05) is 5.32 Å². The molecule has 0 unspecified atom stereocenters. The smallest absolute Gasteiger partial charge is 0.550 e. The van der Waals surface area contributed by atoms with Crippen LogP contribution in [0.3, 0.4) is 0 Å². The van der Waals surface area contributed by atoms with Crippen molar-refractivity contribution in [1.82, 2.24) is 0 Å². The first-order chi connectivity index (χ1) is 9.47. The Morgan fingerprint density at radius 3 is 2.10 bits per heavy atom. The average Bonchev–Trinajstić information content (AvgIpc) is 2.37. The first-order valence-electron chi connectivity index (χ1n) is 6.45. The van der Waals surface area contributed by atoms with Gasteiger partial charge in [0.1, 0.15) is 0 Å². The standard InChI is InChI=1S/C14H15Cl2NO3.Na/c15-8-5-9(16)7-10(6-8)17-13(18)11-3-1-2-4-12(11)14(19)20;/h5-7,11-12H,1-4H2,(H,17,18)(H,19,20);/q;+1/p-1/t11-,12+;/m0./s1. The van der Waals surface area contributed by atoms with Crippen molar-refractivity contribution < 1.29 is 44.3 Å². The number of halogens is 2. The molecule has 1 aromatic carbocycles. The van der Waals surface area contributed by atoms with Gasteiger partial charge in [-0.2, -0.15) is 0 Å². The molecule has 1 amide bonds. The summed E-state index contributed by atoms with van der Waals surface area (Å²) < 4.78 is 0. The Morgan fingerprint density at radius 1 is 1.05 bits per heavy atom. The van der Waals surface area contributed by atoms with Crippen molar-refractivity contribution in [2.24, 2.45) is 11.8 Å². The van der Waals surface area contributed by atoms with E-state index in [4.69, 9.17) is 23.2 Å². The molecule has 0 aromatic heterocycles. The molecule has 1 aromatic rings. The van der Waals surface area contributed by atoms with E-state index in [0.717, 1.165) is 12.8 Å². The molecular formula is C14H14Cl2NNaO3. The molecule has 21 heavy (non-hydrogen) atoms. The van der Waals surface area contributed by atoms with E-state index in [1.54, 1.807) is 18.2 Å². The van der Waals surface area contributed by atoms with Gasteiger partial charge >= 0.3 is 29.6 Å². The molecule has 1 aliphatic rings. The Kier molecular flexibility index (Phi) is 7.51. The summed E-state index contributed by atoms with van der Waals surface area (Å²) in [4.78, 5) is 23.3. The third kappa shape index (κ3) is 5.15. The summed E-state index contributed by atoms with van der Waals surface area (Å²) >= 11 is 11.7. The van der Waals surface area contributed by atoms with E-state index < -0.39 is 17.8 Å². The van der Waals surface area contributed by atoms with Crippen molar-refractivity contribution in [1.29, 1.82) is 0 Å². The number of carbonyl (C=O) groups excluding carboxylic acids is 2. The molecule has 0 saturated heterocycles. The van der Waals surface area contributed by atoms with E-state index in [2.05, 4.69) is 5.32 Å². The van der Waals surface area contributed by atoms with E-state index in [1.165, 1.54) is 0 Å². The number of nitrogens with one attached hydrogen (secondary N) is 1. The van der Waals surface area contributed by atoms with Crippen molar-refractivity contribution in [3.63, 3.8) is 0 Å². The molecule has 0 aliphatic heterocycles. The molecule has 1 fully saturated rings. The minimum atomic E-state index is -1.16. The molecule has 2 rings (SSSR count). The average molecular weight is 338 g/mol. The number of benzene rings is 1. The van der Waals surface area contributed by atoms with Gasteiger partial charge in [-0.05, 0) is 31.0 Å². The molecule has 0 radical (unpaired) electrons. The number of carbonyl (C=O) groups is 2. The van der Waals surface area contributed by atoms with E-state index in [1.807, 2.05) is 0 Å². The van der Waals surface area contributed by atoms with E-state index in [0.29, 0.717) is 28.6 Å². The van der Waals surface area contributed by atoms with Crippen LogP contribution in [0.4, 0.5) is 5.69 Å². The van der Waals surface area contributed by atoms with E-state index >= 15 is 0 Å². The summed E-state index contributed by atoms with van der Waals surface area (Å²) in [6.07, 6.45) is 2.69. The third-order valence-electron chi connectivity index (χ3n) is 3.54. The van der Waals surface area contributed by atoms with Crippen molar-refractivity contribution in [3.05, 3.63) is 28.2 Å². The Labute approximate surface area is 155 Å². The number of anilines is 1. The molecule has 4 nitrogen and oxygen atoms in total. The van der Waals surface area contributed by atoms with Crippen LogP contribution in [0.5, 0.6) is 0 Å². The van der Waals surface area contributed by atoms with Gasteiger partial charge in [-0.1, -0.05) is 36.0 Å². The Balaban J connectivity index is 0.00000220. The van der Waals surface area contributed by atoms with Crippen molar-refractivity contribution in [3.8, 4) is 0 Å². The monoisotopic (exact) mass is 337 g/mol. The Bertz CT molecular complexity index is 519. The third-order valence-corrected chi connectivity index (χ3v) is 3.97. The molecule has 0 heterocycles. The molecule has 1 N–H and O–H groups in total. The second kappa shape index (κ2) is 8.39. The van der Waals surface area contributed by atoms with Gasteiger partial charge in [0.05, 0.1) is 0 Å². The van der Waals surface area contributed by atoms with Crippen LogP contribution in [0.25, 0.3) is 0 Å². The van der Waals surface area contributed by atoms with E-state index in [9.17, 15) is 14.7 Å². The van der Waals surface area contributed by atoms with Crippen molar-refractivity contribution in [2.45, 2.75) is 25.7 Å². The Hall–Kier alpha value is -0.260. The summed E-state index contributed by atoms with van der Waals surface area (Å²) in [5.41, 5.74) is 0.468. The summed E-state index contributed by atoms with van der Waals surface area (Å²) in [6, 6.07) is 4.70. The molecule has 1 aliphatic carbocycles. The van der Waals surface area contributed by atoms with Gasteiger partial charge in [0.2, 0.25) is 5.91 Å². The largest absolute Gasteiger partial charge is 1.00 e. The van der Waals surface area contributed by atoms with Gasteiger partial charge in [-0.25, -0.2) is 0 Å². The maximum absolute atomic E-state index is 12.2. The van der Waals surface area contributed by atoms with Crippen LogP contribution in [0, 0.1) is 11.8 Å². The normalized spacial score (nSPS) is 21.2. The zero-order chi connectivity index (χ0) is 14.7. The summed E-state index contributed by atoms with van der Waals surface area (Å²) in [6.45, 7) is 0. The number of hydrogen-bond donors (Lipinski definition) is 1. The predicted octanol–water partition coefficient (Wildman–Crippen LogP) is -0.508. The fourth-order valence-electron chi connectivity index (χ4n) is 2.59. The first-order valence-corrected chi connectivity index (χ1v) is 7.21. The van der Waals surface area contributed by atoms with Crippen LogP contribution >= 0.6 is 23.2 Å². The predicted molar refractivity (Wildman–Crippen MR) is 75.5 cm³/mol. The quantitative estimate of drug-likeness (QED) is 0.755. The van der Waals surface area contributed by atoms with Crippen LogP contribution in [0.15, 0.2) is 18.2 Å². The SMILES string of the molecule is O=C(Nc1cc(Cl)cc(Cl)c1)[C@H]1CCCC[C@H]1C(=O)[O-].[Na+]. The fourth-order valence-corrected chi connectivity index (χ4v) is 3.11. The molecule has 0 bridgehead atoms. The van der Waals surface area contributed by atoms with Crippen LogP contribution < -0.4 is 40.0 Å². The van der Waals surface area contributed by atoms with Crippen LogP contribution in [0.1, 0.15) is 25.7 Å². The minimum Gasteiger partial charge on any atom is -0.550 e. The number of amides is 1. The number of rotatable bonds is 3. The van der Waals surface area contributed by atoms with Crippen LogP contribution in [-0.2, 0) is 9.59 Å². The minimum absolute atomic E-state index is 0. The molecule has 108 valence electrons. The van der Waals surface area contributed by atoms with Crippen LogP contribution in [0.2, 0.25) is 10.0 Å².